The first-order valence-corrected chi connectivity index (χ1v) is 7.57. The molecule has 0 aliphatic heterocycles. The number of benzene rings is 1. The normalized spacial score (nSPS) is 11.2. The van der Waals surface area contributed by atoms with E-state index in [4.69, 9.17) is 5.11 Å². The smallest absolute Gasteiger partial charge is 0.323 e. The minimum Gasteiger partial charge on any atom is -0.480 e. The Morgan fingerprint density at radius 3 is 2.76 bits per heavy atom. The van der Waals surface area contributed by atoms with Gasteiger partial charge in [-0.1, -0.05) is 12.1 Å². The summed E-state index contributed by atoms with van der Waals surface area (Å²) in [7, 11) is 1.59. The molecule has 0 saturated carbocycles. The van der Waals surface area contributed by atoms with Gasteiger partial charge in [-0.25, -0.2) is 8.78 Å². The molecule has 0 spiro atoms. The van der Waals surface area contributed by atoms with Crippen LogP contribution >= 0.6 is 0 Å². The number of hydrogen-bond donors (Lipinski definition) is 1. The Labute approximate surface area is 140 Å². The second-order valence-electron chi connectivity index (χ2n) is 5.69. The third-order valence-corrected chi connectivity index (χ3v) is 4.06. The fourth-order valence-electron chi connectivity index (χ4n) is 2.89. The van der Waals surface area contributed by atoms with Gasteiger partial charge in [-0.3, -0.25) is 14.3 Å². The van der Waals surface area contributed by atoms with Crippen LogP contribution in [0.3, 0.4) is 0 Å². The quantitative estimate of drug-likeness (QED) is 0.765. The first-order chi connectivity index (χ1) is 11.9. The molecule has 0 bridgehead atoms. The third kappa shape index (κ3) is 3.15. The molecule has 0 amide bonds. The molecule has 130 valence electrons. The van der Waals surface area contributed by atoms with Gasteiger partial charge in [0.1, 0.15) is 12.1 Å². The topological polar surface area (TPSA) is 77.1 Å². The van der Waals surface area contributed by atoms with Crippen LogP contribution in [0, 0.1) is 11.6 Å². The standard InChI is InChI=1S/C17H15F2N3O3/c1-21-17-13(8-20-21)22(9-15(24)25)11(7-14(17)23)6-5-10-3-2-4-12(18)16(10)19/h2-4,7-8H,5-6,9H2,1H3,(H,24,25). The van der Waals surface area contributed by atoms with Crippen molar-refractivity contribution in [3.8, 4) is 0 Å². The lowest BCUT2D eigenvalue weighted by Crippen LogP contribution is -2.19. The molecule has 1 aromatic carbocycles. The van der Waals surface area contributed by atoms with Crippen molar-refractivity contribution >= 4 is 17.0 Å². The number of aryl methyl sites for hydroxylation is 3. The minimum atomic E-state index is -1.08. The van der Waals surface area contributed by atoms with E-state index in [1.54, 1.807) is 7.05 Å². The van der Waals surface area contributed by atoms with E-state index in [-0.39, 0.29) is 30.4 Å². The summed E-state index contributed by atoms with van der Waals surface area (Å²) in [6, 6.07) is 5.22. The lowest BCUT2D eigenvalue weighted by atomic mass is 10.1. The Morgan fingerprint density at radius 1 is 1.28 bits per heavy atom. The zero-order chi connectivity index (χ0) is 18.1. The second-order valence-corrected chi connectivity index (χ2v) is 5.69. The number of fused-ring (bicyclic) bond motifs is 1. The van der Waals surface area contributed by atoms with Crippen molar-refractivity contribution in [1.29, 1.82) is 0 Å². The molecule has 0 fully saturated rings. The largest absolute Gasteiger partial charge is 0.480 e. The van der Waals surface area contributed by atoms with Gasteiger partial charge in [0.05, 0.1) is 11.7 Å². The average Bonchev–Trinajstić information content (AvgIpc) is 2.94. The van der Waals surface area contributed by atoms with Crippen LogP contribution in [-0.2, 0) is 31.2 Å². The SMILES string of the molecule is Cn1ncc2c1c(=O)cc(CCc1cccc(F)c1F)n2CC(=O)O. The van der Waals surface area contributed by atoms with Crippen LogP contribution in [-0.4, -0.2) is 25.4 Å². The van der Waals surface area contributed by atoms with Crippen molar-refractivity contribution in [2.45, 2.75) is 19.4 Å². The van der Waals surface area contributed by atoms with Crippen molar-refractivity contribution in [2.75, 3.05) is 0 Å². The second kappa shape index (κ2) is 6.46. The molecule has 0 radical (unpaired) electrons. The van der Waals surface area contributed by atoms with Crippen LogP contribution in [0.4, 0.5) is 8.78 Å². The van der Waals surface area contributed by atoms with Crippen molar-refractivity contribution in [3.63, 3.8) is 0 Å². The maximum atomic E-state index is 13.8. The van der Waals surface area contributed by atoms with E-state index < -0.39 is 17.6 Å². The summed E-state index contributed by atoms with van der Waals surface area (Å²) in [6.07, 6.45) is 1.74. The van der Waals surface area contributed by atoms with Crippen molar-refractivity contribution in [1.82, 2.24) is 14.3 Å². The number of carboxylic acid groups (broad SMARTS) is 1. The molecule has 3 rings (SSSR count). The summed E-state index contributed by atoms with van der Waals surface area (Å²) in [5.41, 5.74) is 0.984. The fraction of sp³-hybridized carbons (Fsp3) is 0.235. The molecular weight excluding hydrogens is 332 g/mol. The highest BCUT2D eigenvalue weighted by atomic mass is 19.2. The van der Waals surface area contributed by atoms with Gasteiger partial charge >= 0.3 is 5.97 Å². The molecule has 25 heavy (non-hydrogen) atoms. The molecule has 1 N–H and O–H groups in total. The zero-order valence-corrected chi connectivity index (χ0v) is 13.4. The van der Waals surface area contributed by atoms with Crippen LogP contribution in [0.15, 0.2) is 35.3 Å². The first-order valence-electron chi connectivity index (χ1n) is 7.57. The summed E-state index contributed by atoms with van der Waals surface area (Å²) in [5.74, 6) is -2.95. The van der Waals surface area contributed by atoms with E-state index in [2.05, 4.69) is 5.10 Å². The number of carbonyl (C=O) groups is 1. The number of nitrogens with zero attached hydrogens (tertiary/aromatic N) is 3. The fourth-order valence-corrected chi connectivity index (χ4v) is 2.89. The van der Waals surface area contributed by atoms with Gasteiger partial charge in [-0.15, -0.1) is 0 Å². The van der Waals surface area contributed by atoms with Gasteiger partial charge in [-0.2, -0.15) is 5.10 Å². The predicted molar refractivity (Wildman–Crippen MR) is 86.4 cm³/mol. The Kier molecular flexibility index (Phi) is 4.35. The molecule has 0 aliphatic rings. The summed E-state index contributed by atoms with van der Waals surface area (Å²) in [4.78, 5) is 23.5. The molecule has 0 aliphatic carbocycles. The third-order valence-electron chi connectivity index (χ3n) is 4.06. The highest BCUT2D eigenvalue weighted by molar-refractivity contribution is 5.77. The summed E-state index contributed by atoms with van der Waals surface area (Å²) in [5, 5.41) is 13.2. The van der Waals surface area contributed by atoms with Crippen LogP contribution in [0.25, 0.3) is 11.0 Å². The maximum Gasteiger partial charge on any atom is 0.323 e. The molecule has 2 heterocycles. The molecule has 0 atom stereocenters. The number of hydrogen-bond acceptors (Lipinski definition) is 3. The lowest BCUT2D eigenvalue weighted by Gasteiger charge is -2.13. The number of carboxylic acids is 1. The van der Waals surface area contributed by atoms with E-state index in [9.17, 15) is 18.4 Å². The van der Waals surface area contributed by atoms with Crippen molar-refractivity contribution < 1.29 is 18.7 Å². The average molecular weight is 347 g/mol. The Bertz CT molecular complexity index is 1020. The summed E-state index contributed by atoms with van der Waals surface area (Å²) in [6.45, 7) is -0.358. The molecule has 3 aromatic rings. The molecule has 2 aromatic heterocycles. The van der Waals surface area contributed by atoms with Crippen molar-refractivity contribution in [2.24, 2.45) is 7.05 Å². The number of halogens is 2. The molecule has 0 saturated heterocycles. The molecule has 8 heteroatoms. The predicted octanol–water partition coefficient (Wildman–Crippen LogP) is 1.88. The van der Waals surface area contributed by atoms with Gasteiger partial charge in [0, 0.05) is 18.8 Å². The molecule has 0 unspecified atom stereocenters. The van der Waals surface area contributed by atoms with Crippen molar-refractivity contribution in [3.05, 3.63) is 63.6 Å². The van der Waals surface area contributed by atoms with E-state index in [0.29, 0.717) is 16.7 Å². The Morgan fingerprint density at radius 2 is 2.04 bits per heavy atom. The van der Waals surface area contributed by atoms with Crippen LogP contribution in [0.1, 0.15) is 11.3 Å². The van der Waals surface area contributed by atoms with Crippen LogP contribution in [0.2, 0.25) is 0 Å². The lowest BCUT2D eigenvalue weighted by molar-refractivity contribution is -0.137. The minimum absolute atomic E-state index is 0.133. The summed E-state index contributed by atoms with van der Waals surface area (Å²) >= 11 is 0. The zero-order valence-electron chi connectivity index (χ0n) is 13.4. The monoisotopic (exact) mass is 347 g/mol. The Hall–Kier alpha value is -3.03. The Balaban J connectivity index is 2.04. The number of rotatable bonds is 5. The maximum absolute atomic E-state index is 13.8. The van der Waals surface area contributed by atoms with Crippen LogP contribution < -0.4 is 5.43 Å². The van der Waals surface area contributed by atoms with E-state index in [0.717, 1.165) is 6.07 Å². The molecule has 6 nitrogen and oxygen atoms in total. The van der Waals surface area contributed by atoms with E-state index in [1.807, 2.05) is 0 Å². The molecular formula is C17H15F2N3O3. The van der Waals surface area contributed by atoms with Gasteiger partial charge in [0.2, 0.25) is 5.43 Å². The highest BCUT2D eigenvalue weighted by Crippen LogP contribution is 2.17. The number of aromatic nitrogens is 3. The highest BCUT2D eigenvalue weighted by Gasteiger charge is 2.16. The number of aliphatic carboxylic acids is 1. The van der Waals surface area contributed by atoms with Gasteiger partial charge in [0.15, 0.2) is 11.6 Å². The van der Waals surface area contributed by atoms with Crippen LogP contribution in [0.5, 0.6) is 0 Å². The van der Waals surface area contributed by atoms with Gasteiger partial charge in [0.25, 0.3) is 0 Å². The number of pyridine rings is 1. The van der Waals surface area contributed by atoms with Gasteiger partial charge in [-0.05, 0) is 24.5 Å². The summed E-state index contributed by atoms with van der Waals surface area (Å²) < 4.78 is 30.0. The van der Waals surface area contributed by atoms with E-state index >= 15 is 0 Å². The van der Waals surface area contributed by atoms with Gasteiger partial charge < -0.3 is 9.67 Å². The first kappa shape index (κ1) is 16.8. The van der Waals surface area contributed by atoms with E-state index in [1.165, 1.54) is 33.6 Å².